The van der Waals surface area contributed by atoms with Gasteiger partial charge in [0.1, 0.15) is 17.8 Å². The molecule has 1 N–H and O–H groups in total. The Labute approximate surface area is 146 Å². The number of benzene rings is 1. The van der Waals surface area contributed by atoms with E-state index in [4.69, 9.17) is 14.2 Å². The van der Waals surface area contributed by atoms with Gasteiger partial charge < -0.3 is 24.3 Å². The highest BCUT2D eigenvalue weighted by Gasteiger charge is 2.16. The van der Waals surface area contributed by atoms with Gasteiger partial charge >= 0.3 is 5.97 Å². The molecule has 0 aliphatic carbocycles. The van der Waals surface area contributed by atoms with Crippen molar-refractivity contribution in [3.63, 3.8) is 0 Å². The first-order valence-corrected chi connectivity index (χ1v) is 7.52. The maximum Gasteiger partial charge on any atom is 0.311 e. The van der Waals surface area contributed by atoms with Crippen molar-refractivity contribution in [1.29, 1.82) is 0 Å². The molecular weight excluding hydrogens is 326 g/mol. The summed E-state index contributed by atoms with van der Waals surface area (Å²) in [6, 6.07) is 5.55. The van der Waals surface area contributed by atoms with Crippen molar-refractivity contribution in [1.82, 2.24) is 9.97 Å². The van der Waals surface area contributed by atoms with Crippen molar-refractivity contribution in [3.05, 3.63) is 35.8 Å². The molecule has 0 bridgehead atoms. The number of hydrogen-bond donors (Lipinski definition) is 1. The Kier molecular flexibility index (Phi) is 6.39. The van der Waals surface area contributed by atoms with Crippen LogP contribution in [0.25, 0.3) is 0 Å². The molecule has 0 saturated carbocycles. The summed E-state index contributed by atoms with van der Waals surface area (Å²) >= 11 is 0. The van der Waals surface area contributed by atoms with Crippen LogP contribution in [0.3, 0.4) is 0 Å². The van der Waals surface area contributed by atoms with E-state index >= 15 is 0 Å². The summed E-state index contributed by atoms with van der Waals surface area (Å²) in [5, 5.41) is 3.18. The number of ether oxygens (including phenoxy) is 4. The number of aromatic nitrogens is 2. The molecule has 8 nitrogen and oxygen atoms in total. The third kappa shape index (κ3) is 4.50. The summed E-state index contributed by atoms with van der Waals surface area (Å²) in [6.07, 6.45) is 1.37. The summed E-state index contributed by atoms with van der Waals surface area (Å²) in [5.74, 6) is 1.88. The molecule has 2 rings (SSSR count). The molecule has 1 heterocycles. The Hall–Kier alpha value is -3.03. The highest BCUT2D eigenvalue weighted by Crippen LogP contribution is 2.28. The van der Waals surface area contributed by atoms with E-state index in [2.05, 4.69) is 20.0 Å². The quantitative estimate of drug-likeness (QED) is 0.723. The number of esters is 1. The lowest BCUT2D eigenvalue weighted by Gasteiger charge is -2.14. The average molecular weight is 347 g/mol. The van der Waals surface area contributed by atoms with E-state index in [-0.39, 0.29) is 6.42 Å². The second-order valence-electron chi connectivity index (χ2n) is 4.99. The fourth-order valence-electron chi connectivity index (χ4n) is 2.26. The van der Waals surface area contributed by atoms with Crippen LogP contribution >= 0.6 is 0 Å². The van der Waals surface area contributed by atoms with Gasteiger partial charge in [-0.1, -0.05) is 0 Å². The van der Waals surface area contributed by atoms with Crippen LogP contribution in [-0.4, -0.2) is 44.4 Å². The van der Waals surface area contributed by atoms with Gasteiger partial charge in [0, 0.05) is 18.2 Å². The molecule has 0 atom stereocenters. The fraction of sp³-hybridized carbons (Fsp3) is 0.353. The highest BCUT2D eigenvalue weighted by molar-refractivity contribution is 5.73. The van der Waals surface area contributed by atoms with Crippen LogP contribution in [0.1, 0.15) is 11.3 Å². The van der Waals surface area contributed by atoms with Crippen LogP contribution < -0.4 is 19.5 Å². The smallest absolute Gasteiger partial charge is 0.311 e. The summed E-state index contributed by atoms with van der Waals surface area (Å²) in [4.78, 5) is 19.8. The summed E-state index contributed by atoms with van der Waals surface area (Å²) in [5.41, 5.74) is 1.37. The standard InChI is InChI=1S/C17H21N3O5/c1-22-12-6-5-11(14(7-12)23-2)9-18-17-16(25-4)13(19-10-20-17)8-15(21)24-3/h5-7,10H,8-9H2,1-4H3,(H,18,19,20). The number of carbonyl (C=O) groups excluding carboxylic acids is 1. The summed E-state index contributed by atoms with van der Waals surface area (Å²) in [6.45, 7) is 0.443. The van der Waals surface area contributed by atoms with Gasteiger partial charge in [0.15, 0.2) is 11.6 Å². The van der Waals surface area contributed by atoms with E-state index in [0.29, 0.717) is 35.3 Å². The molecule has 0 aliphatic heterocycles. The van der Waals surface area contributed by atoms with Crippen molar-refractivity contribution in [3.8, 4) is 17.2 Å². The SMILES string of the molecule is COC(=O)Cc1ncnc(NCc2ccc(OC)cc2OC)c1OC. The molecule has 1 aromatic heterocycles. The van der Waals surface area contributed by atoms with Gasteiger partial charge in [0.2, 0.25) is 0 Å². The molecule has 134 valence electrons. The number of rotatable bonds is 8. The number of anilines is 1. The van der Waals surface area contributed by atoms with Crippen molar-refractivity contribution >= 4 is 11.8 Å². The minimum atomic E-state index is -0.403. The minimum Gasteiger partial charge on any atom is -0.497 e. The Morgan fingerprint density at radius 1 is 1.08 bits per heavy atom. The molecule has 0 saturated heterocycles. The Morgan fingerprint density at radius 3 is 2.52 bits per heavy atom. The fourth-order valence-corrected chi connectivity index (χ4v) is 2.26. The summed E-state index contributed by atoms with van der Waals surface area (Å²) < 4.78 is 20.6. The zero-order chi connectivity index (χ0) is 18.2. The lowest BCUT2D eigenvalue weighted by atomic mass is 10.2. The van der Waals surface area contributed by atoms with E-state index in [1.165, 1.54) is 20.5 Å². The normalized spacial score (nSPS) is 10.1. The predicted octanol–water partition coefficient (Wildman–Crippen LogP) is 1.83. The molecule has 0 radical (unpaired) electrons. The minimum absolute atomic E-state index is 0.00271. The predicted molar refractivity (Wildman–Crippen MR) is 91.2 cm³/mol. The lowest BCUT2D eigenvalue weighted by Crippen LogP contribution is -2.11. The Balaban J connectivity index is 2.20. The Morgan fingerprint density at radius 2 is 1.88 bits per heavy atom. The molecule has 0 aliphatic rings. The van der Waals surface area contributed by atoms with Crippen molar-refractivity contribution in [2.45, 2.75) is 13.0 Å². The second kappa shape index (κ2) is 8.72. The van der Waals surface area contributed by atoms with Gasteiger partial charge in [-0.15, -0.1) is 0 Å². The van der Waals surface area contributed by atoms with Gasteiger partial charge in [-0.25, -0.2) is 9.97 Å². The lowest BCUT2D eigenvalue weighted by molar-refractivity contribution is -0.139. The van der Waals surface area contributed by atoms with Crippen LogP contribution in [0.15, 0.2) is 24.5 Å². The number of nitrogens with zero attached hydrogens (tertiary/aromatic N) is 2. The van der Waals surface area contributed by atoms with E-state index in [0.717, 1.165) is 5.56 Å². The van der Waals surface area contributed by atoms with Crippen LogP contribution in [0.4, 0.5) is 5.82 Å². The van der Waals surface area contributed by atoms with Gasteiger partial charge in [0.25, 0.3) is 0 Å². The third-order valence-electron chi connectivity index (χ3n) is 3.56. The average Bonchev–Trinajstić information content (AvgIpc) is 2.66. The molecule has 25 heavy (non-hydrogen) atoms. The van der Waals surface area contributed by atoms with Crippen LogP contribution in [0.5, 0.6) is 17.2 Å². The summed E-state index contributed by atoms with van der Waals surface area (Å²) in [7, 11) is 6.02. The van der Waals surface area contributed by atoms with E-state index in [1.807, 2.05) is 12.1 Å². The van der Waals surface area contributed by atoms with E-state index < -0.39 is 5.97 Å². The molecule has 0 unspecified atom stereocenters. The zero-order valence-corrected chi connectivity index (χ0v) is 14.7. The van der Waals surface area contributed by atoms with Gasteiger partial charge in [-0.2, -0.15) is 0 Å². The number of methoxy groups -OCH3 is 4. The number of carbonyl (C=O) groups is 1. The largest absolute Gasteiger partial charge is 0.497 e. The number of nitrogens with one attached hydrogen (secondary N) is 1. The Bertz CT molecular complexity index is 736. The van der Waals surface area contributed by atoms with Gasteiger partial charge in [-0.3, -0.25) is 4.79 Å². The molecule has 0 spiro atoms. The molecule has 0 amide bonds. The van der Waals surface area contributed by atoms with Crippen molar-refractivity contribution in [2.75, 3.05) is 33.8 Å². The first-order chi connectivity index (χ1) is 12.1. The van der Waals surface area contributed by atoms with Crippen LogP contribution in [-0.2, 0) is 22.5 Å². The molecular formula is C17H21N3O5. The zero-order valence-electron chi connectivity index (χ0n) is 14.7. The first-order valence-electron chi connectivity index (χ1n) is 7.52. The second-order valence-corrected chi connectivity index (χ2v) is 4.99. The molecule has 8 heteroatoms. The van der Waals surface area contributed by atoms with Crippen molar-refractivity contribution in [2.24, 2.45) is 0 Å². The third-order valence-corrected chi connectivity index (χ3v) is 3.56. The highest BCUT2D eigenvalue weighted by atomic mass is 16.5. The van der Waals surface area contributed by atoms with E-state index in [9.17, 15) is 4.79 Å². The van der Waals surface area contributed by atoms with Crippen LogP contribution in [0, 0.1) is 0 Å². The van der Waals surface area contributed by atoms with Gasteiger partial charge in [0.05, 0.1) is 40.6 Å². The van der Waals surface area contributed by atoms with Gasteiger partial charge in [-0.05, 0) is 12.1 Å². The first kappa shape index (κ1) is 18.3. The van der Waals surface area contributed by atoms with E-state index in [1.54, 1.807) is 20.3 Å². The topological polar surface area (TPSA) is 91.8 Å². The molecule has 1 aromatic carbocycles. The van der Waals surface area contributed by atoms with Crippen molar-refractivity contribution < 1.29 is 23.7 Å². The monoisotopic (exact) mass is 347 g/mol. The molecule has 0 fully saturated rings. The maximum atomic E-state index is 11.5. The number of hydrogen-bond acceptors (Lipinski definition) is 8. The molecule has 2 aromatic rings. The van der Waals surface area contributed by atoms with Crippen LogP contribution in [0.2, 0.25) is 0 Å². The maximum absolute atomic E-state index is 11.5.